The molecule has 4 aromatic carbocycles. The number of aliphatic hydroxyl groups excluding tert-OH is 1. The molecule has 239 valence electrons. The van der Waals surface area contributed by atoms with E-state index in [1.807, 2.05) is 58.2 Å². The van der Waals surface area contributed by atoms with E-state index < -0.39 is 0 Å². The van der Waals surface area contributed by atoms with Crippen LogP contribution in [0, 0.1) is 24.8 Å². The first-order valence-corrected chi connectivity index (χ1v) is 16.1. The third-order valence-electron chi connectivity index (χ3n) is 8.86. The molecule has 2 aromatic heterocycles. The molecule has 1 radical (unpaired) electrons. The topological polar surface area (TPSA) is 63.3 Å². The number of carbonyl (C=O) groups is 1. The number of aryl methyl sites for hydroxylation is 1. The molecule has 1 N–H and O–H groups in total. The molecule has 0 aliphatic rings. The van der Waals surface area contributed by atoms with Crippen molar-refractivity contribution in [2.24, 2.45) is 11.8 Å². The molecular weight excluding hydrogens is 747 g/mol. The van der Waals surface area contributed by atoms with E-state index in [2.05, 4.69) is 78.6 Å². The molecule has 2 heterocycles. The Kier molecular flexibility index (Phi) is 12.1. The Morgan fingerprint density at radius 1 is 0.826 bits per heavy atom. The van der Waals surface area contributed by atoms with Gasteiger partial charge in [-0.3, -0.25) is 4.79 Å². The number of benzene rings is 4. The molecule has 0 saturated carbocycles. The summed E-state index contributed by atoms with van der Waals surface area (Å²) in [6.45, 7) is 10.2. The second kappa shape index (κ2) is 16.0. The van der Waals surface area contributed by atoms with Crippen LogP contribution < -0.4 is 0 Å². The number of rotatable bonds is 9. The van der Waals surface area contributed by atoms with Gasteiger partial charge in [0.25, 0.3) is 0 Å². The van der Waals surface area contributed by atoms with Crippen molar-refractivity contribution in [1.82, 2.24) is 4.98 Å². The monoisotopic (exact) mass is 789 g/mol. The fourth-order valence-electron chi connectivity index (χ4n) is 6.15. The van der Waals surface area contributed by atoms with E-state index >= 15 is 0 Å². The van der Waals surface area contributed by atoms with Crippen LogP contribution in [0.25, 0.3) is 55.1 Å². The summed E-state index contributed by atoms with van der Waals surface area (Å²) >= 11 is 0. The van der Waals surface area contributed by atoms with Crippen LogP contribution in [-0.2, 0) is 24.9 Å². The Bertz CT molecular complexity index is 1960. The van der Waals surface area contributed by atoms with E-state index in [1.165, 1.54) is 27.8 Å². The summed E-state index contributed by atoms with van der Waals surface area (Å²) in [5, 5.41) is 14.5. The van der Waals surface area contributed by atoms with Gasteiger partial charge >= 0.3 is 0 Å². The largest absolute Gasteiger partial charge is 0.512 e. The molecule has 6 rings (SSSR count). The maximum Gasteiger partial charge on any atom is 0.162 e. The molecule has 0 aliphatic heterocycles. The van der Waals surface area contributed by atoms with Crippen molar-refractivity contribution in [3.05, 3.63) is 115 Å². The van der Waals surface area contributed by atoms with Crippen molar-refractivity contribution >= 4 is 38.5 Å². The molecule has 5 heteroatoms. The molecule has 46 heavy (non-hydrogen) atoms. The van der Waals surface area contributed by atoms with E-state index in [4.69, 9.17) is 4.42 Å². The van der Waals surface area contributed by atoms with E-state index in [9.17, 15) is 9.90 Å². The Morgan fingerprint density at radius 2 is 1.54 bits per heavy atom. The number of fused-ring (bicyclic) bond motifs is 5. The van der Waals surface area contributed by atoms with Gasteiger partial charge in [0.1, 0.15) is 11.2 Å². The third kappa shape index (κ3) is 7.33. The summed E-state index contributed by atoms with van der Waals surface area (Å²) in [5.41, 5.74) is 7.34. The van der Waals surface area contributed by atoms with Gasteiger partial charge in [-0.2, -0.15) is 0 Å². The standard InChI is InChI=1S/C28H18NO.C13H24O2.Ir/c1-18-7-6-16-29-28(18)20-9-4-8-19(17-20)21-11-5-12-23-22(21)14-15-26-27(23)24-10-2-3-13-25(24)30-26;1-5-10(6-2)12(14)9-13(15)11(7-3)8-4;/h2-8,10-17H,1H3;9-11,14H,5-8H2,1-4H3;/q-1;;/b;12-9-;. The smallest absolute Gasteiger partial charge is 0.162 e. The van der Waals surface area contributed by atoms with Crippen molar-refractivity contribution in [2.45, 2.75) is 60.3 Å². The minimum atomic E-state index is 0. The van der Waals surface area contributed by atoms with Gasteiger partial charge < -0.3 is 14.5 Å². The molecule has 0 spiro atoms. The van der Waals surface area contributed by atoms with Gasteiger partial charge in [-0.05, 0) is 72.8 Å². The predicted octanol–water partition coefficient (Wildman–Crippen LogP) is 11.4. The number of pyridine rings is 1. The normalized spacial score (nSPS) is 11.6. The maximum atomic E-state index is 11.7. The molecule has 4 nitrogen and oxygen atoms in total. The summed E-state index contributed by atoms with van der Waals surface area (Å²) in [7, 11) is 0. The van der Waals surface area contributed by atoms with Crippen LogP contribution in [0.3, 0.4) is 0 Å². The molecule has 0 bridgehead atoms. The van der Waals surface area contributed by atoms with Crippen LogP contribution in [0.2, 0.25) is 0 Å². The Hall–Kier alpha value is -4.05. The number of aromatic nitrogens is 1. The molecular formula is C41H42IrNO3-. The summed E-state index contributed by atoms with van der Waals surface area (Å²) < 4.78 is 6.08. The van der Waals surface area contributed by atoms with Crippen LogP contribution in [0.15, 0.2) is 107 Å². The summed E-state index contributed by atoms with van der Waals surface area (Å²) in [4.78, 5) is 16.3. The predicted molar refractivity (Wildman–Crippen MR) is 187 cm³/mol. The number of allylic oxidation sites excluding steroid dienone is 2. The van der Waals surface area contributed by atoms with Crippen molar-refractivity contribution in [3.63, 3.8) is 0 Å². The summed E-state index contributed by atoms with van der Waals surface area (Å²) in [6, 6.07) is 32.7. The quantitative estimate of drug-likeness (QED) is 0.0900. The van der Waals surface area contributed by atoms with E-state index in [0.29, 0.717) is 0 Å². The van der Waals surface area contributed by atoms with Crippen molar-refractivity contribution in [3.8, 4) is 22.4 Å². The van der Waals surface area contributed by atoms with E-state index in [0.717, 1.165) is 64.6 Å². The number of carbonyl (C=O) groups excluding carboxylic acids is 1. The zero-order valence-corrected chi connectivity index (χ0v) is 29.7. The van der Waals surface area contributed by atoms with Crippen molar-refractivity contribution in [1.29, 1.82) is 0 Å². The van der Waals surface area contributed by atoms with Gasteiger partial charge in [0, 0.05) is 55.0 Å². The SMILES string of the molecule is CCC(CC)C(=O)/C=C(\O)C(CC)CC.Cc1cccnc1-c1[c-]ccc(-c2cccc3c2ccc2oc4ccccc4c23)c1.[Ir]. The van der Waals surface area contributed by atoms with Crippen LogP contribution in [-0.4, -0.2) is 15.9 Å². The zero-order chi connectivity index (χ0) is 31.9. The Labute approximate surface area is 285 Å². The molecule has 0 fully saturated rings. The van der Waals surface area contributed by atoms with Crippen LogP contribution in [0.5, 0.6) is 0 Å². The molecule has 6 aromatic rings. The number of aliphatic hydroxyl groups is 1. The van der Waals surface area contributed by atoms with Gasteiger partial charge in [0.2, 0.25) is 0 Å². The second-order valence-electron chi connectivity index (χ2n) is 11.6. The fraction of sp³-hybridized carbons (Fsp3) is 0.268. The third-order valence-corrected chi connectivity index (χ3v) is 8.86. The van der Waals surface area contributed by atoms with E-state index in [-0.39, 0.29) is 43.5 Å². The Balaban J connectivity index is 0.000000259. The number of ketones is 1. The van der Waals surface area contributed by atoms with Gasteiger partial charge in [0.15, 0.2) is 5.78 Å². The number of furan rings is 1. The van der Waals surface area contributed by atoms with Gasteiger partial charge in [-0.15, -0.1) is 35.4 Å². The van der Waals surface area contributed by atoms with Crippen LogP contribution in [0.4, 0.5) is 0 Å². The molecule has 0 unspecified atom stereocenters. The average Bonchev–Trinajstić information content (AvgIpc) is 3.45. The first-order valence-electron chi connectivity index (χ1n) is 16.1. The molecule has 0 saturated heterocycles. The summed E-state index contributed by atoms with van der Waals surface area (Å²) in [5.74, 6) is 0.547. The van der Waals surface area contributed by atoms with Gasteiger partial charge in [0.05, 0.1) is 5.76 Å². The average molecular weight is 789 g/mol. The Morgan fingerprint density at radius 3 is 2.26 bits per heavy atom. The zero-order valence-electron chi connectivity index (χ0n) is 27.3. The number of hydrogen-bond donors (Lipinski definition) is 1. The molecule has 0 atom stereocenters. The number of hydrogen-bond acceptors (Lipinski definition) is 4. The van der Waals surface area contributed by atoms with Crippen molar-refractivity contribution < 1.29 is 34.4 Å². The van der Waals surface area contributed by atoms with Gasteiger partial charge in [-0.1, -0.05) is 81.8 Å². The minimum Gasteiger partial charge on any atom is -0.512 e. The second-order valence-corrected chi connectivity index (χ2v) is 11.6. The van der Waals surface area contributed by atoms with Crippen molar-refractivity contribution in [2.75, 3.05) is 0 Å². The fourth-order valence-corrected chi connectivity index (χ4v) is 6.15. The first-order chi connectivity index (χ1) is 21.9. The first kappa shape index (κ1) is 34.8. The number of nitrogens with zero attached hydrogens (tertiary/aromatic N) is 1. The van der Waals surface area contributed by atoms with Crippen LogP contribution >= 0.6 is 0 Å². The molecule has 0 amide bonds. The van der Waals surface area contributed by atoms with E-state index in [1.54, 1.807) is 0 Å². The van der Waals surface area contributed by atoms with Crippen LogP contribution in [0.1, 0.15) is 58.9 Å². The maximum absolute atomic E-state index is 11.7. The molecule has 0 aliphatic carbocycles. The summed E-state index contributed by atoms with van der Waals surface area (Å²) in [6.07, 6.45) is 6.74. The minimum absolute atomic E-state index is 0. The van der Waals surface area contributed by atoms with Gasteiger partial charge in [-0.25, -0.2) is 0 Å². The number of para-hydroxylation sites is 1.